The van der Waals surface area contributed by atoms with Crippen molar-refractivity contribution in [2.45, 2.75) is 26.9 Å². The Morgan fingerprint density at radius 3 is 2.50 bits per heavy atom. The molecule has 1 aliphatic carbocycles. The second kappa shape index (κ2) is 4.61. The van der Waals surface area contributed by atoms with Crippen molar-refractivity contribution < 1.29 is 9.66 Å². The van der Waals surface area contributed by atoms with Crippen LogP contribution in [0.5, 0.6) is 0 Å². The fourth-order valence-corrected chi connectivity index (χ4v) is 1.40. The Morgan fingerprint density at radius 1 is 1.44 bits per heavy atom. The van der Waals surface area contributed by atoms with Crippen molar-refractivity contribution in [1.82, 2.24) is 0 Å². The van der Waals surface area contributed by atoms with Gasteiger partial charge in [0.15, 0.2) is 0 Å². The molecule has 0 saturated carbocycles. The molecular formula is C12H17NO3. The van der Waals surface area contributed by atoms with Crippen LogP contribution in [0.1, 0.15) is 20.8 Å². The second-order valence-electron chi connectivity index (χ2n) is 4.76. The van der Waals surface area contributed by atoms with Crippen molar-refractivity contribution in [3.05, 3.63) is 45.7 Å². The van der Waals surface area contributed by atoms with Crippen LogP contribution in [-0.4, -0.2) is 18.1 Å². The summed E-state index contributed by atoms with van der Waals surface area (Å²) in [6, 6.07) is 0. The molecule has 0 spiro atoms. The van der Waals surface area contributed by atoms with Crippen LogP contribution in [0.25, 0.3) is 0 Å². The number of nitrogens with zero attached hydrogens (tertiary/aromatic N) is 1. The number of nitro groups is 1. The molecule has 0 fully saturated rings. The summed E-state index contributed by atoms with van der Waals surface area (Å²) in [7, 11) is 1.53. The van der Waals surface area contributed by atoms with Crippen LogP contribution in [0.4, 0.5) is 0 Å². The fraction of sp³-hybridized carbons (Fsp3) is 0.500. The van der Waals surface area contributed by atoms with E-state index in [0.29, 0.717) is 0 Å². The van der Waals surface area contributed by atoms with E-state index >= 15 is 0 Å². The van der Waals surface area contributed by atoms with Gasteiger partial charge in [0.05, 0.1) is 4.92 Å². The maximum atomic E-state index is 10.9. The minimum Gasteiger partial charge on any atom is -0.373 e. The normalized spacial score (nSPS) is 21.1. The van der Waals surface area contributed by atoms with E-state index in [4.69, 9.17) is 4.74 Å². The lowest BCUT2D eigenvalue weighted by atomic mass is 9.86. The summed E-state index contributed by atoms with van der Waals surface area (Å²) in [5, 5.41) is 10.9. The third kappa shape index (κ3) is 3.03. The zero-order valence-electron chi connectivity index (χ0n) is 10.1. The topological polar surface area (TPSA) is 52.4 Å². The van der Waals surface area contributed by atoms with Crippen LogP contribution < -0.4 is 0 Å². The highest BCUT2D eigenvalue weighted by molar-refractivity contribution is 5.35. The third-order valence-electron chi connectivity index (χ3n) is 2.45. The molecule has 0 amide bonds. The van der Waals surface area contributed by atoms with Gasteiger partial charge in [-0.15, -0.1) is 0 Å². The van der Waals surface area contributed by atoms with Crippen LogP contribution in [0, 0.1) is 15.5 Å². The van der Waals surface area contributed by atoms with Gasteiger partial charge in [-0.3, -0.25) is 10.1 Å². The van der Waals surface area contributed by atoms with Crippen molar-refractivity contribution in [2.24, 2.45) is 5.41 Å². The van der Waals surface area contributed by atoms with Crippen LogP contribution in [-0.2, 0) is 4.74 Å². The van der Waals surface area contributed by atoms with Gasteiger partial charge in [-0.05, 0) is 11.0 Å². The van der Waals surface area contributed by atoms with Gasteiger partial charge in [-0.1, -0.05) is 32.9 Å². The van der Waals surface area contributed by atoms with E-state index < -0.39 is 0 Å². The first-order valence-corrected chi connectivity index (χ1v) is 5.14. The Bertz CT molecular complexity index is 372. The highest BCUT2D eigenvalue weighted by Gasteiger charge is 2.21. The van der Waals surface area contributed by atoms with Crippen LogP contribution in [0.3, 0.4) is 0 Å². The van der Waals surface area contributed by atoms with Gasteiger partial charge in [0.2, 0.25) is 0 Å². The minimum atomic E-state index is -0.384. The maximum absolute atomic E-state index is 10.9. The largest absolute Gasteiger partial charge is 0.373 e. The quantitative estimate of drug-likeness (QED) is 0.534. The molecule has 4 nitrogen and oxygen atoms in total. The molecule has 0 aromatic rings. The van der Waals surface area contributed by atoms with Crippen molar-refractivity contribution in [2.75, 3.05) is 7.11 Å². The Balaban J connectivity index is 3.15. The summed E-state index contributed by atoms with van der Waals surface area (Å²) in [6.45, 7) is 6.07. The third-order valence-corrected chi connectivity index (χ3v) is 2.45. The van der Waals surface area contributed by atoms with E-state index in [1.165, 1.54) is 13.2 Å². The van der Waals surface area contributed by atoms with Crippen molar-refractivity contribution in [1.29, 1.82) is 0 Å². The van der Waals surface area contributed by atoms with Crippen LogP contribution >= 0.6 is 0 Å². The van der Waals surface area contributed by atoms with E-state index in [9.17, 15) is 10.1 Å². The SMILES string of the molecule is COC1C=CC(C(C)(C)C)=CC([N+](=O)[O-])=C1. The van der Waals surface area contributed by atoms with Gasteiger partial charge in [0.1, 0.15) is 6.10 Å². The number of hydrogen-bond donors (Lipinski definition) is 0. The number of hydrogen-bond acceptors (Lipinski definition) is 3. The van der Waals surface area contributed by atoms with Gasteiger partial charge in [0, 0.05) is 19.3 Å². The number of allylic oxidation sites excluding steroid dienone is 3. The lowest BCUT2D eigenvalue weighted by molar-refractivity contribution is -0.419. The van der Waals surface area contributed by atoms with Crippen molar-refractivity contribution in [3.8, 4) is 0 Å². The maximum Gasteiger partial charge on any atom is 0.268 e. The molecule has 1 aliphatic rings. The molecule has 0 radical (unpaired) electrons. The predicted octanol–water partition coefficient (Wildman–Crippen LogP) is 2.70. The number of methoxy groups -OCH3 is 1. The van der Waals surface area contributed by atoms with Gasteiger partial charge >= 0.3 is 0 Å². The highest BCUT2D eigenvalue weighted by Crippen LogP contribution is 2.29. The summed E-state index contributed by atoms with van der Waals surface area (Å²) in [6.07, 6.45) is 6.50. The molecule has 1 rings (SSSR count). The minimum absolute atomic E-state index is 0.0850. The van der Waals surface area contributed by atoms with E-state index in [1.54, 1.807) is 6.08 Å². The van der Waals surface area contributed by atoms with Gasteiger partial charge in [0.25, 0.3) is 5.70 Å². The fourth-order valence-electron chi connectivity index (χ4n) is 1.40. The molecule has 1 unspecified atom stereocenters. The van der Waals surface area contributed by atoms with Gasteiger partial charge in [-0.25, -0.2) is 0 Å². The number of ether oxygens (including phenoxy) is 1. The van der Waals surface area contributed by atoms with Crippen LogP contribution in [0.15, 0.2) is 35.6 Å². The highest BCUT2D eigenvalue weighted by atomic mass is 16.6. The van der Waals surface area contributed by atoms with Crippen LogP contribution in [0.2, 0.25) is 0 Å². The first kappa shape index (κ1) is 12.6. The predicted molar refractivity (Wildman–Crippen MR) is 62.6 cm³/mol. The Morgan fingerprint density at radius 2 is 2.06 bits per heavy atom. The molecule has 0 heterocycles. The molecular weight excluding hydrogens is 206 g/mol. The van der Waals surface area contributed by atoms with Gasteiger partial charge in [-0.2, -0.15) is 0 Å². The Kier molecular flexibility index (Phi) is 3.65. The zero-order chi connectivity index (χ0) is 12.3. The van der Waals surface area contributed by atoms with E-state index in [-0.39, 0.29) is 22.1 Å². The molecule has 88 valence electrons. The second-order valence-corrected chi connectivity index (χ2v) is 4.76. The monoisotopic (exact) mass is 223 g/mol. The Labute approximate surface area is 95.4 Å². The lowest BCUT2D eigenvalue weighted by Crippen LogP contribution is -2.08. The van der Waals surface area contributed by atoms with E-state index in [2.05, 4.69) is 0 Å². The summed E-state index contributed by atoms with van der Waals surface area (Å²) in [5.41, 5.74) is 0.894. The van der Waals surface area contributed by atoms with E-state index in [0.717, 1.165) is 5.57 Å². The summed E-state index contributed by atoms with van der Waals surface area (Å²) in [4.78, 5) is 10.5. The lowest BCUT2D eigenvalue weighted by Gasteiger charge is -2.19. The first-order valence-electron chi connectivity index (χ1n) is 5.14. The Hall–Kier alpha value is -1.42. The number of rotatable bonds is 2. The summed E-state index contributed by atoms with van der Waals surface area (Å²) in [5.74, 6) is 0. The van der Waals surface area contributed by atoms with Crippen molar-refractivity contribution >= 4 is 0 Å². The van der Waals surface area contributed by atoms with E-state index in [1.807, 2.05) is 32.9 Å². The molecule has 0 saturated heterocycles. The molecule has 0 N–H and O–H groups in total. The molecule has 4 heteroatoms. The summed E-state index contributed by atoms with van der Waals surface area (Å²) < 4.78 is 5.11. The summed E-state index contributed by atoms with van der Waals surface area (Å²) >= 11 is 0. The molecule has 1 atom stereocenters. The average Bonchev–Trinajstić information content (AvgIpc) is 2.38. The van der Waals surface area contributed by atoms with Gasteiger partial charge < -0.3 is 4.74 Å². The average molecular weight is 223 g/mol. The standard InChI is InChI=1S/C12H17NO3/c1-12(2,3)9-5-6-11(16-4)8-10(7-9)13(14)15/h5-8,11H,1-4H3. The van der Waals surface area contributed by atoms with Crippen molar-refractivity contribution in [3.63, 3.8) is 0 Å². The molecule has 0 aromatic heterocycles. The molecule has 0 bridgehead atoms. The molecule has 16 heavy (non-hydrogen) atoms. The molecule has 0 aliphatic heterocycles. The smallest absolute Gasteiger partial charge is 0.268 e. The molecule has 0 aromatic carbocycles. The zero-order valence-corrected chi connectivity index (χ0v) is 10.1. The first-order chi connectivity index (χ1) is 7.34.